The van der Waals surface area contributed by atoms with Crippen molar-refractivity contribution in [1.82, 2.24) is 0 Å². The average Bonchev–Trinajstić information content (AvgIpc) is 1.86. The van der Waals surface area contributed by atoms with Crippen LogP contribution in [0, 0.1) is 0 Å². The van der Waals surface area contributed by atoms with Gasteiger partial charge >= 0.3 is 0 Å². The van der Waals surface area contributed by atoms with Gasteiger partial charge in [0.25, 0.3) is 0 Å². The highest BCUT2D eigenvalue weighted by atomic mass is 32.2. The normalized spacial score (nSPS) is 15.7. The summed E-state index contributed by atoms with van der Waals surface area (Å²) < 4.78 is 19.5. The van der Waals surface area contributed by atoms with Gasteiger partial charge in [-0.2, -0.15) is 0 Å². The Morgan fingerprint density at radius 2 is 2.09 bits per heavy atom. The van der Waals surface area contributed by atoms with Crippen LogP contribution in [0.2, 0.25) is 0 Å². The molecule has 0 heterocycles. The van der Waals surface area contributed by atoms with Crippen LogP contribution in [0.25, 0.3) is 0 Å². The third-order valence-corrected chi connectivity index (χ3v) is 2.32. The van der Waals surface area contributed by atoms with Crippen molar-refractivity contribution in [2.45, 2.75) is 25.5 Å². The van der Waals surface area contributed by atoms with E-state index in [4.69, 9.17) is 4.74 Å². The molecule has 0 saturated heterocycles. The maximum Gasteiger partial charge on any atom is 0.144 e. The molecule has 0 aliphatic rings. The van der Waals surface area contributed by atoms with Gasteiger partial charge in [-0.25, -0.2) is 0 Å². The van der Waals surface area contributed by atoms with Crippen LogP contribution in [0.5, 0.6) is 0 Å². The Morgan fingerprint density at radius 3 is 2.45 bits per heavy atom. The third kappa shape index (κ3) is 5.24. The molecule has 0 saturated carbocycles. The van der Waals surface area contributed by atoms with Crippen LogP contribution in [0.3, 0.4) is 0 Å². The van der Waals surface area contributed by atoms with Crippen LogP contribution < -0.4 is 0 Å². The summed E-state index contributed by atoms with van der Waals surface area (Å²) in [5, 5.41) is 0. The van der Waals surface area contributed by atoms with E-state index in [0.29, 0.717) is 6.61 Å². The molecule has 0 aromatic heterocycles. The predicted molar refractivity (Wildman–Crippen MR) is 48.3 cm³/mol. The maximum atomic E-state index is 11.2. The second-order valence-corrected chi connectivity index (χ2v) is 5.04. The number of hydrogen-bond donors (Lipinski definition) is 0. The monoisotopic (exact) mass is 177 g/mol. The van der Waals surface area contributed by atoms with Gasteiger partial charge in [0, 0.05) is 7.11 Å². The second-order valence-electron chi connectivity index (χ2n) is 3.10. The van der Waals surface area contributed by atoms with E-state index in [1.807, 2.05) is 20.8 Å². The van der Waals surface area contributed by atoms with Crippen molar-refractivity contribution in [2.75, 3.05) is 13.7 Å². The molecule has 0 aromatic rings. The molecule has 0 unspecified atom stereocenters. The molecular weight excluding hydrogens is 162 g/mol. The van der Waals surface area contributed by atoms with Gasteiger partial charge in [0.1, 0.15) is 16.1 Å². The Bertz CT molecular complexity index is 131. The highest BCUT2D eigenvalue weighted by Crippen LogP contribution is 2.15. The summed E-state index contributed by atoms with van der Waals surface area (Å²) in [7, 11) is 1.58. The molecule has 3 nitrogen and oxygen atoms in total. The lowest BCUT2D eigenvalue weighted by atomic mass is 10.3. The Labute approximate surface area is 71.2 Å². The Morgan fingerprint density at radius 1 is 1.55 bits per heavy atom. The quantitative estimate of drug-likeness (QED) is 0.480. The van der Waals surface area contributed by atoms with Crippen LogP contribution in [-0.4, -0.2) is 29.2 Å². The summed E-state index contributed by atoms with van der Waals surface area (Å²) in [6.45, 7) is 6.07. The molecular formula is C7H15NO2S. The van der Waals surface area contributed by atoms with Gasteiger partial charge in [-0.1, -0.05) is 4.40 Å². The van der Waals surface area contributed by atoms with E-state index in [9.17, 15) is 4.55 Å². The molecule has 66 valence electrons. The molecule has 0 rings (SSSR count). The number of ether oxygens (including phenoxy) is 1. The van der Waals surface area contributed by atoms with E-state index < -0.39 is 11.4 Å². The molecule has 0 aromatic carbocycles. The third-order valence-electron chi connectivity index (χ3n) is 0.935. The highest BCUT2D eigenvalue weighted by Gasteiger charge is 2.25. The lowest BCUT2D eigenvalue weighted by Gasteiger charge is -2.17. The van der Waals surface area contributed by atoms with Crippen molar-refractivity contribution < 1.29 is 9.29 Å². The number of hydrogen-bond acceptors (Lipinski definition) is 3. The van der Waals surface area contributed by atoms with Gasteiger partial charge in [-0.05, 0) is 20.8 Å². The molecule has 0 radical (unpaired) electrons. The van der Waals surface area contributed by atoms with E-state index >= 15 is 0 Å². The first-order valence-corrected chi connectivity index (χ1v) is 4.52. The summed E-state index contributed by atoms with van der Waals surface area (Å²) in [4.78, 5) is 0. The molecule has 0 aliphatic carbocycles. The minimum Gasteiger partial charge on any atom is -0.591 e. The van der Waals surface area contributed by atoms with E-state index in [1.165, 1.54) is 6.21 Å². The fourth-order valence-electron chi connectivity index (χ4n) is 0.331. The van der Waals surface area contributed by atoms with Crippen molar-refractivity contribution >= 4 is 17.6 Å². The highest BCUT2D eigenvalue weighted by molar-refractivity contribution is 7.91. The molecule has 4 heteroatoms. The molecule has 0 spiro atoms. The predicted octanol–water partition coefficient (Wildman–Crippen LogP) is 1.17. The van der Waals surface area contributed by atoms with Gasteiger partial charge < -0.3 is 9.29 Å². The SMILES string of the molecule is COCC=N[S@+]([O-])C(C)(C)C. The van der Waals surface area contributed by atoms with Crippen molar-refractivity contribution in [1.29, 1.82) is 0 Å². The molecule has 0 fully saturated rings. The minimum atomic E-state index is -1.15. The number of nitrogens with zero attached hydrogens (tertiary/aromatic N) is 1. The van der Waals surface area contributed by atoms with Crippen LogP contribution in [0.15, 0.2) is 4.40 Å². The number of methoxy groups -OCH3 is 1. The molecule has 0 aliphatic heterocycles. The second kappa shape index (κ2) is 4.74. The Kier molecular flexibility index (Phi) is 4.72. The van der Waals surface area contributed by atoms with E-state index in [-0.39, 0.29) is 4.75 Å². The zero-order valence-corrected chi connectivity index (χ0v) is 8.27. The molecule has 0 amide bonds. The molecule has 0 bridgehead atoms. The molecule has 11 heavy (non-hydrogen) atoms. The van der Waals surface area contributed by atoms with E-state index in [2.05, 4.69) is 4.40 Å². The lowest BCUT2D eigenvalue weighted by Crippen LogP contribution is -2.26. The lowest BCUT2D eigenvalue weighted by molar-refractivity contribution is 0.248. The largest absolute Gasteiger partial charge is 0.591 e. The Balaban J connectivity index is 3.77. The van der Waals surface area contributed by atoms with Crippen molar-refractivity contribution in [3.8, 4) is 0 Å². The smallest absolute Gasteiger partial charge is 0.144 e. The molecule has 1 atom stereocenters. The fraction of sp³-hybridized carbons (Fsp3) is 0.857. The van der Waals surface area contributed by atoms with Crippen LogP contribution in [-0.2, 0) is 16.1 Å². The summed E-state index contributed by atoms with van der Waals surface area (Å²) >= 11 is -1.15. The first kappa shape index (κ1) is 10.9. The van der Waals surface area contributed by atoms with E-state index in [0.717, 1.165) is 0 Å². The van der Waals surface area contributed by atoms with Crippen molar-refractivity contribution in [3.63, 3.8) is 0 Å². The van der Waals surface area contributed by atoms with E-state index in [1.54, 1.807) is 7.11 Å². The van der Waals surface area contributed by atoms with Crippen molar-refractivity contribution in [2.24, 2.45) is 4.40 Å². The van der Waals surface area contributed by atoms with Gasteiger partial charge in [-0.15, -0.1) is 0 Å². The fourth-order valence-corrected chi connectivity index (χ4v) is 0.843. The maximum absolute atomic E-state index is 11.2. The summed E-state index contributed by atoms with van der Waals surface area (Å²) in [6.07, 6.45) is 1.53. The average molecular weight is 177 g/mol. The first-order valence-electron chi connectivity index (χ1n) is 3.42. The molecule has 0 N–H and O–H groups in total. The topological polar surface area (TPSA) is 44.6 Å². The van der Waals surface area contributed by atoms with Crippen LogP contribution in [0.4, 0.5) is 0 Å². The van der Waals surface area contributed by atoms with Gasteiger partial charge in [0.2, 0.25) is 0 Å². The summed E-state index contributed by atoms with van der Waals surface area (Å²) in [6, 6.07) is 0. The zero-order valence-electron chi connectivity index (χ0n) is 7.46. The van der Waals surface area contributed by atoms with Crippen molar-refractivity contribution in [3.05, 3.63) is 0 Å². The first-order chi connectivity index (χ1) is 4.98. The summed E-state index contributed by atoms with van der Waals surface area (Å²) in [5.74, 6) is 0. The van der Waals surface area contributed by atoms with Crippen LogP contribution >= 0.6 is 0 Å². The van der Waals surface area contributed by atoms with Gasteiger partial charge in [-0.3, -0.25) is 0 Å². The van der Waals surface area contributed by atoms with Gasteiger partial charge in [0.15, 0.2) is 0 Å². The number of rotatable bonds is 3. The van der Waals surface area contributed by atoms with Crippen LogP contribution in [0.1, 0.15) is 20.8 Å². The minimum absolute atomic E-state index is 0.274. The Hall–Kier alpha value is -0.0600. The standard InChI is InChI=1S/C7H15NO2S/c1-7(2,3)11(9)8-5-6-10-4/h5H,6H2,1-4H3/t11-/m1/s1. The zero-order chi connectivity index (χ0) is 8.91. The van der Waals surface area contributed by atoms with Gasteiger partial charge in [0.05, 0.1) is 12.8 Å². The summed E-state index contributed by atoms with van der Waals surface area (Å²) in [5.41, 5.74) is 0.